The zero-order valence-electron chi connectivity index (χ0n) is 8.65. The van der Waals surface area contributed by atoms with Crippen LogP contribution in [0.2, 0.25) is 0 Å². The van der Waals surface area contributed by atoms with Crippen LogP contribution in [0.15, 0.2) is 10.5 Å². The molecule has 1 aliphatic rings. The maximum absolute atomic E-state index is 11.0. The van der Waals surface area contributed by atoms with Gasteiger partial charge in [-0.25, -0.2) is 0 Å². The maximum atomic E-state index is 11.0. The lowest BCUT2D eigenvalue weighted by Gasteiger charge is -2.32. The molecule has 3 nitrogen and oxygen atoms in total. The molecule has 1 saturated heterocycles. The number of aldehydes is 1. The topological polar surface area (TPSA) is 44.1 Å². The molecule has 1 fully saturated rings. The van der Waals surface area contributed by atoms with Gasteiger partial charge in [0, 0.05) is 11.0 Å². The number of carbonyl (C=O) groups is 1. The smallest absolute Gasteiger partial charge is 0.142 e. The van der Waals surface area contributed by atoms with Gasteiger partial charge in [0.05, 0.1) is 11.0 Å². The van der Waals surface area contributed by atoms with Crippen molar-refractivity contribution in [3.8, 4) is 6.07 Å². The molecule has 0 radical (unpaired) electrons. The molecule has 2 heterocycles. The van der Waals surface area contributed by atoms with Crippen LogP contribution in [-0.4, -0.2) is 18.9 Å². The van der Waals surface area contributed by atoms with Crippen molar-refractivity contribution < 1.29 is 4.79 Å². The van der Waals surface area contributed by atoms with Crippen molar-refractivity contribution in [3.63, 3.8) is 0 Å². The number of hydrogen-bond donors (Lipinski definition) is 0. The Morgan fingerprint density at radius 2 is 2.44 bits per heavy atom. The average molecular weight is 299 g/mol. The predicted octanol–water partition coefficient (Wildman–Crippen LogP) is 2.94. The van der Waals surface area contributed by atoms with Gasteiger partial charge in [0.1, 0.15) is 17.2 Å². The summed E-state index contributed by atoms with van der Waals surface area (Å²) in [6, 6.07) is 4.06. The lowest BCUT2D eigenvalue weighted by Crippen LogP contribution is -2.40. The molecule has 5 heteroatoms. The van der Waals surface area contributed by atoms with Crippen LogP contribution in [0.3, 0.4) is 0 Å². The van der Waals surface area contributed by atoms with E-state index in [1.807, 2.05) is 6.07 Å². The third kappa shape index (κ3) is 2.13. The van der Waals surface area contributed by atoms with Gasteiger partial charge < -0.3 is 9.69 Å². The fourth-order valence-corrected chi connectivity index (χ4v) is 3.58. The molecule has 16 heavy (non-hydrogen) atoms. The van der Waals surface area contributed by atoms with E-state index < -0.39 is 0 Å². The van der Waals surface area contributed by atoms with Gasteiger partial charge in [-0.3, -0.25) is 0 Å². The average Bonchev–Trinajstić information content (AvgIpc) is 2.70. The molecular formula is C11H11BrN2OS. The maximum Gasteiger partial charge on any atom is 0.142 e. The second-order valence-corrected chi connectivity index (χ2v) is 5.65. The Hall–Kier alpha value is -0.860. The van der Waals surface area contributed by atoms with Crippen LogP contribution in [0.1, 0.15) is 24.1 Å². The van der Waals surface area contributed by atoms with E-state index in [-0.39, 0.29) is 6.04 Å². The summed E-state index contributed by atoms with van der Waals surface area (Å²) in [7, 11) is 0. The number of hydrogen-bond acceptors (Lipinski definition) is 4. The molecule has 1 aromatic rings. The summed E-state index contributed by atoms with van der Waals surface area (Å²) < 4.78 is 0.824. The van der Waals surface area contributed by atoms with Crippen molar-refractivity contribution >= 4 is 38.6 Å². The van der Waals surface area contributed by atoms with E-state index in [4.69, 9.17) is 5.26 Å². The minimum absolute atomic E-state index is 0.0224. The molecule has 1 aromatic heterocycles. The Kier molecular flexibility index (Phi) is 3.62. The molecule has 1 atom stereocenters. The van der Waals surface area contributed by atoms with Gasteiger partial charge in [0.15, 0.2) is 0 Å². The summed E-state index contributed by atoms with van der Waals surface area (Å²) in [4.78, 5) is 13.8. The second-order valence-electron chi connectivity index (χ2n) is 3.77. The number of piperidine rings is 1. The molecule has 1 aliphatic heterocycles. The third-order valence-corrected chi connectivity index (χ3v) is 4.73. The first-order chi connectivity index (χ1) is 7.76. The third-order valence-electron chi connectivity index (χ3n) is 2.76. The van der Waals surface area contributed by atoms with E-state index in [0.29, 0.717) is 4.88 Å². The fourth-order valence-electron chi connectivity index (χ4n) is 1.95. The predicted molar refractivity (Wildman–Crippen MR) is 67.8 cm³/mol. The van der Waals surface area contributed by atoms with Crippen LogP contribution < -0.4 is 4.90 Å². The van der Waals surface area contributed by atoms with Crippen LogP contribution in [-0.2, 0) is 4.79 Å². The van der Waals surface area contributed by atoms with Crippen molar-refractivity contribution in [2.75, 3.05) is 11.4 Å². The molecule has 0 aliphatic carbocycles. The van der Waals surface area contributed by atoms with Gasteiger partial charge in [-0.2, -0.15) is 5.26 Å². The first kappa shape index (κ1) is 11.6. The molecular weight excluding hydrogens is 288 g/mol. The zero-order chi connectivity index (χ0) is 11.5. The fraction of sp³-hybridized carbons (Fsp3) is 0.455. The monoisotopic (exact) mass is 298 g/mol. The van der Waals surface area contributed by atoms with E-state index in [0.717, 1.165) is 41.6 Å². The SMILES string of the molecule is N#Cc1sc(N2CCCCC2C=O)cc1Br. The summed E-state index contributed by atoms with van der Waals surface area (Å²) >= 11 is 4.80. The van der Waals surface area contributed by atoms with E-state index in [1.54, 1.807) is 0 Å². The van der Waals surface area contributed by atoms with Crippen molar-refractivity contribution in [1.29, 1.82) is 5.26 Å². The largest absolute Gasteiger partial charge is 0.354 e. The zero-order valence-corrected chi connectivity index (χ0v) is 11.1. The highest BCUT2D eigenvalue weighted by atomic mass is 79.9. The Morgan fingerprint density at radius 3 is 3.06 bits per heavy atom. The molecule has 0 bridgehead atoms. The number of carbonyl (C=O) groups excluding carboxylic acids is 1. The Labute approximate surface area is 107 Å². The molecule has 0 aromatic carbocycles. The lowest BCUT2D eigenvalue weighted by atomic mass is 10.0. The first-order valence-electron chi connectivity index (χ1n) is 5.17. The summed E-state index contributed by atoms with van der Waals surface area (Å²) in [6.07, 6.45) is 4.15. The number of nitrogens with zero attached hydrogens (tertiary/aromatic N) is 2. The van der Waals surface area contributed by atoms with Crippen LogP contribution in [0, 0.1) is 11.3 Å². The molecule has 0 spiro atoms. The summed E-state index contributed by atoms with van der Waals surface area (Å²) in [5, 5.41) is 9.91. The van der Waals surface area contributed by atoms with Crippen LogP contribution in [0.5, 0.6) is 0 Å². The first-order valence-corrected chi connectivity index (χ1v) is 6.78. The van der Waals surface area contributed by atoms with Crippen molar-refractivity contribution in [2.24, 2.45) is 0 Å². The van der Waals surface area contributed by atoms with Crippen LogP contribution in [0.4, 0.5) is 5.00 Å². The van der Waals surface area contributed by atoms with Gasteiger partial charge in [-0.05, 0) is 41.3 Å². The van der Waals surface area contributed by atoms with Gasteiger partial charge in [0.2, 0.25) is 0 Å². The number of rotatable bonds is 2. The van der Waals surface area contributed by atoms with Gasteiger partial charge >= 0.3 is 0 Å². The number of anilines is 1. The molecule has 0 amide bonds. The van der Waals surface area contributed by atoms with E-state index in [9.17, 15) is 4.79 Å². The van der Waals surface area contributed by atoms with Crippen LogP contribution >= 0.6 is 27.3 Å². The van der Waals surface area contributed by atoms with Crippen LogP contribution in [0.25, 0.3) is 0 Å². The van der Waals surface area contributed by atoms with Gasteiger partial charge in [-0.1, -0.05) is 0 Å². The Bertz CT molecular complexity index is 438. The minimum atomic E-state index is -0.0224. The second kappa shape index (κ2) is 4.98. The number of thiophene rings is 1. The summed E-state index contributed by atoms with van der Waals surface area (Å²) in [6.45, 7) is 0.904. The van der Waals surface area contributed by atoms with E-state index >= 15 is 0 Å². The molecule has 84 valence electrons. The van der Waals surface area contributed by atoms with Crippen molar-refractivity contribution in [3.05, 3.63) is 15.4 Å². The van der Waals surface area contributed by atoms with Crippen molar-refractivity contribution in [2.45, 2.75) is 25.3 Å². The Balaban J connectivity index is 2.28. The Morgan fingerprint density at radius 1 is 1.62 bits per heavy atom. The lowest BCUT2D eigenvalue weighted by molar-refractivity contribution is -0.109. The molecule has 0 saturated carbocycles. The molecule has 2 rings (SSSR count). The number of halogens is 1. The van der Waals surface area contributed by atoms with E-state index in [2.05, 4.69) is 26.9 Å². The molecule has 0 N–H and O–H groups in total. The standard InChI is InChI=1S/C11H11BrN2OS/c12-9-5-11(16-10(9)6-13)14-4-2-1-3-8(14)7-15/h5,7-8H,1-4H2. The summed E-state index contributed by atoms with van der Waals surface area (Å²) in [5.41, 5.74) is 0. The minimum Gasteiger partial charge on any atom is -0.354 e. The van der Waals surface area contributed by atoms with Gasteiger partial charge in [0.25, 0.3) is 0 Å². The molecule has 1 unspecified atom stereocenters. The highest BCUT2D eigenvalue weighted by Crippen LogP contribution is 2.35. The highest BCUT2D eigenvalue weighted by molar-refractivity contribution is 9.10. The van der Waals surface area contributed by atoms with E-state index in [1.165, 1.54) is 11.3 Å². The van der Waals surface area contributed by atoms with Gasteiger partial charge in [-0.15, -0.1) is 11.3 Å². The highest BCUT2D eigenvalue weighted by Gasteiger charge is 2.24. The normalized spacial score (nSPS) is 20.5. The quantitative estimate of drug-likeness (QED) is 0.789. The van der Waals surface area contributed by atoms with Crippen molar-refractivity contribution in [1.82, 2.24) is 0 Å². The number of nitriles is 1. The summed E-state index contributed by atoms with van der Waals surface area (Å²) in [5.74, 6) is 0.